The Hall–Kier alpha value is -5.69. The molecular formula is C35H37N5O8. The number of nitrogens with one attached hydrogen (secondary N) is 5. The van der Waals surface area contributed by atoms with E-state index in [-0.39, 0.29) is 25.7 Å². The normalized spacial score (nSPS) is 14.7. The molecule has 0 aliphatic carbocycles. The largest absolute Gasteiger partial charge is 0.445 e. The molecule has 2 unspecified atom stereocenters. The number of anilines is 2. The minimum Gasteiger partial charge on any atom is -0.445 e. The minimum absolute atomic E-state index is 0.0317. The van der Waals surface area contributed by atoms with Crippen LogP contribution in [0.1, 0.15) is 29.5 Å². The first-order valence-electron chi connectivity index (χ1n) is 15.6. The van der Waals surface area contributed by atoms with Gasteiger partial charge >= 0.3 is 17.8 Å². The number of piperidine rings is 1. The second-order valence-electron chi connectivity index (χ2n) is 11.4. The molecule has 2 heterocycles. The Bertz CT molecular complexity index is 1800. The van der Waals surface area contributed by atoms with Gasteiger partial charge < -0.3 is 35.2 Å². The molecule has 4 aromatic rings. The first-order valence-corrected chi connectivity index (χ1v) is 15.6. The number of hydrogen-bond acceptors (Lipinski definition) is 9. The summed E-state index contributed by atoms with van der Waals surface area (Å²) in [6.07, 6.45) is 0.177. The van der Waals surface area contributed by atoms with E-state index in [4.69, 9.17) is 13.9 Å². The number of hydrogen-bond donors (Lipinski definition) is 5. The summed E-state index contributed by atoms with van der Waals surface area (Å²) >= 11 is 0. The van der Waals surface area contributed by atoms with E-state index in [9.17, 15) is 24.0 Å². The SMILES string of the molecule is Cc1cc(=O)oc2cc(NC(=O)OCc3ccc(NC(=O)CNC(=O)C(NC(=O)OCc4ccccc4)C4CCCNC4)cc3)ccc12. The molecule has 250 valence electrons. The molecule has 5 rings (SSSR count). The zero-order chi connectivity index (χ0) is 33.9. The van der Waals surface area contributed by atoms with E-state index in [2.05, 4.69) is 26.6 Å². The lowest BCUT2D eigenvalue weighted by molar-refractivity contribution is -0.126. The fraction of sp³-hybridized carbons (Fsp3) is 0.286. The molecule has 0 saturated carbocycles. The predicted molar refractivity (Wildman–Crippen MR) is 178 cm³/mol. The van der Waals surface area contributed by atoms with Crippen molar-refractivity contribution in [1.82, 2.24) is 16.0 Å². The maximum atomic E-state index is 13.1. The Morgan fingerprint density at radius 3 is 2.31 bits per heavy atom. The Kier molecular flexibility index (Phi) is 11.4. The predicted octanol–water partition coefficient (Wildman–Crippen LogP) is 4.20. The van der Waals surface area contributed by atoms with E-state index in [1.807, 2.05) is 30.3 Å². The summed E-state index contributed by atoms with van der Waals surface area (Å²) in [6.45, 7) is 2.90. The topological polar surface area (TPSA) is 177 Å². The van der Waals surface area contributed by atoms with Crippen LogP contribution in [0.3, 0.4) is 0 Å². The Morgan fingerprint density at radius 2 is 1.58 bits per heavy atom. The third-order valence-corrected chi connectivity index (χ3v) is 7.80. The van der Waals surface area contributed by atoms with Gasteiger partial charge in [0.05, 0.1) is 6.54 Å². The standard InChI is InChI=1S/C35H37N5O8/c1-22-16-31(42)48-29-17-27(13-14-28(22)29)39-34(44)46-21-24-9-11-26(12-10-24)38-30(41)19-37-33(43)32(25-8-5-15-36-18-25)40-35(45)47-20-23-6-3-2-4-7-23/h2-4,6-7,9-14,16-17,25,32,36H,5,8,15,18-21H2,1H3,(H,37,43)(H,38,41)(H,39,44)(H,40,45). The van der Waals surface area contributed by atoms with Gasteiger partial charge in [0.1, 0.15) is 24.8 Å². The van der Waals surface area contributed by atoms with Gasteiger partial charge in [-0.15, -0.1) is 0 Å². The van der Waals surface area contributed by atoms with Crippen molar-refractivity contribution in [1.29, 1.82) is 0 Å². The van der Waals surface area contributed by atoms with Crippen molar-refractivity contribution >= 4 is 46.3 Å². The van der Waals surface area contributed by atoms with Crippen LogP contribution in [0.25, 0.3) is 11.0 Å². The summed E-state index contributed by atoms with van der Waals surface area (Å²) < 4.78 is 15.8. The van der Waals surface area contributed by atoms with Crippen LogP contribution in [0, 0.1) is 12.8 Å². The van der Waals surface area contributed by atoms with Gasteiger partial charge in [0.25, 0.3) is 0 Å². The van der Waals surface area contributed by atoms with Gasteiger partial charge in [-0.05, 0) is 67.3 Å². The van der Waals surface area contributed by atoms with Gasteiger partial charge in [-0.3, -0.25) is 14.9 Å². The van der Waals surface area contributed by atoms with E-state index in [0.29, 0.717) is 29.1 Å². The highest BCUT2D eigenvalue weighted by molar-refractivity contribution is 5.96. The number of rotatable bonds is 11. The fourth-order valence-electron chi connectivity index (χ4n) is 5.32. The van der Waals surface area contributed by atoms with E-state index in [0.717, 1.165) is 35.9 Å². The van der Waals surface area contributed by atoms with Crippen LogP contribution in [0.5, 0.6) is 0 Å². The molecule has 4 amide bonds. The summed E-state index contributed by atoms with van der Waals surface area (Å²) in [7, 11) is 0. The van der Waals surface area contributed by atoms with Crippen LogP contribution in [-0.2, 0) is 32.3 Å². The molecule has 0 spiro atoms. The number of amides is 4. The molecule has 48 heavy (non-hydrogen) atoms. The summed E-state index contributed by atoms with van der Waals surface area (Å²) in [4.78, 5) is 62.3. The number of aryl methyl sites for hydroxylation is 1. The van der Waals surface area contributed by atoms with Crippen LogP contribution >= 0.6 is 0 Å². The van der Waals surface area contributed by atoms with Crippen molar-refractivity contribution in [2.75, 3.05) is 30.3 Å². The molecule has 1 aliphatic rings. The van der Waals surface area contributed by atoms with Gasteiger partial charge in [-0.1, -0.05) is 42.5 Å². The average Bonchev–Trinajstić information content (AvgIpc) is 3.09. The number of carbonyl (C=O) groups excluding carboxylic acids is 4. The second kappa shape index (κ2) is 16.2. The molecule has 13 nitrogen and oxygen atoms in total. The molecule has 1 saturated heterocycles. The molecule has 5 N–H and O–H groups in total. The van der Waals surface area contributed by atoms with Crippen molar-refractivity contribution in [2.45, 2.75) is 39.0 Å². The molecule has 2 atom stereocenters. The summed E-state index contributed by atoms with van der Waals surface area (Å²) in [5, 5.41) is 14.6. The van der Waals surface area contributed by atoms with E-state index >= 15 is 0 Å². The monoisotopic (exact) mass is 655 g/mol. The molecule has 13 heteroatoms. The third-order valence-electron chi connectivity index (χ3n) is 7.80. The Morgan fingerprint density at radius 1 is 0.875 bits per heavy atom. The molecule has 1 aromatic heterocycles. The lowest BCUT2D eigenvalue weighted by atomic mass is 9.91. The smallest absolute Gasteiger partial charge is 0.411 e. The van der Waals surface area contributed by atoms with Crippen LogP contribution in [-0.4, -0.2) is 49.7 Å². The Labute approximate surface area is 276 Å². The molecule has 1 fully saturated rings. The molecule has 1 aliphatic heterocycles. The zero-order valence-corrected chi connectivity index (χ0v) is 26.4. The highest BCUT2D eigenvalue weighted by Crippen LogP contribution is 2.21. The molecule has 0 bridgehead atoms. The first kappa shape index (κ1) is 33.7. The molecule has 0 radical (unpaired) electrons. The highest BCUT2D eigenvalue weighted by Gasteiger charge is 2.31. The zero-order valence-electron chi connectivity index (χ0n) is 26.4. The Balaban J connectivity index is 1.07. The number of alkyl carbamates (subject to hydrolysis) is 1. The van der Waals surface area contributed by atoms with Crippen molar-refractivity contribution in [3.05, 3.63) is 106 Å². The van der Waals surface area contributed by atoms with Crippen molar-refractivity contribution in [3.8, 4) is 0 Å². The molecular weight excluding hydrogens is 618 g/mol. The number of carbonyl (C=O) groups is 4. The van der Waals surface area contributed by atoms with Gasteiger partial charge in [0, 0.05) is 41.4 Å². The van der Waals surface area contributed by atoms with E-state index in [1.165, 1.54) is 6.07 Å². The van der Waals surface area contributed by atoms with E-state index in [1.54, 1.807) is 49.4 Å². The van der Waals surface area contributed by atoms with Gasteiger partial charge in [0.15, 0.2) is 0 Å². The summed E-state index contributed by atoms with van der Waals surface area (Å²) in [5.41, 5.74) is 3.03. The number of ether oxygens (including phenoxy) is 2. The van der Waals surface area contributed by atoms with Crippen LogP contribution in [0.2, 0.25) is 0 Å². The van der Waals surface area contributed by atoms with Crippen LogP contribution in [0.15, 0.2) is 88.1 Å². The summed E-state index contributed by atoms with van der Waals surface area (Å²) in [5.74, 6) is -1.10. The highest BCUT2D eigenvalue weighted by atomic mass is 16.6. The van der Waals surface area contributed by atoms with Gasteiger partial charge in [-0.25, -0.2) is 14.4 Å². The van der Waals surface area contributed by atoms with Crippen molar-refractivity contribution in [2.24, 2.45) is 5.92 Å². The maximum Gasteiger partial charge on any atom is 0.411 e. The third kappa shape index (κ3) is 9.66. The second-order valence-corrected chi connectivity index (χ2v) is 11.4. The fourth-order valence-corrected chi connectivity index (χ4v) is 5.32. The lowest BCUT2D eigenvalue weighted by Crippen LogP contribution is -2.55. The van der Waals surface area contributed by atoms with Crippen molar-refractivity contribution in [3.63, 3.8) is 0 Å². The van der Waals surface area contributed by atoms with Crippen LogP contribution in [0.4, 0.5) is 21.0 Å². The minimum atomic E-state index is -0.878. The lowest BCUT2D eigenvalue weighted by Gasteiger charge is -2.30. The number of fused-ring (bicyclic) bond motifs is 1. The first-order chi connectivity index (χ1) is 23.2. The van der Waals surface area contributed by atoms with Crippen LogP contribution < -0.4 is 32.2 Å². The maximum absolute atomic E-state index is 13.1. The van der Waals surface area contributed by atoms with Gasteiger partial charge in [0.2, 0.25) is 11.8 Å². The average molecular weight is 656 g/mol. The van der Waals surface area contributed by atoms with Crippen molar-refractivity contribution < 1.29 is 33.1 Å². The van der Waals surface area contributed by atoms with E-state index < -0.39 is 35.7 Å². The quantitative estimate of drug-likeness (QED) is 0.148. The number of benzene rings is 3. The van der Waals surface area contributed by atoms with Gasteiger partial charge in [-0.2, -0.15) is 0 Å². The molecule has 3 aromatic carbocycles. The summed E-state index contributed by atoms with van der Waals surface area (Å²) in [6, 6.07) is 21.4.